The van der Waals surface area contributed by atoms with Crippen LogP contribution >= 0.6 is 11.6 Å². The number of nitrogens with one attached hydrogen (secondary N) is 1. The van der Waals surface area contributed by atoms with Crippen molar-refractivity contribution in [3.05, 3.63) is 28.8 Å². The van der Waals surface area contributed by atoms with Crippen LogP contribution in [-0.2, 0) is 0 Å². The van der Waals surface area contributed by atoms with E-state index in [1.54, 1.807) is 0 Å². The highest BCUT2D eigenvalue weighted by molar-refractivity contribution is 6.31. The van der Waals surface area contributed by atoms with Gasteiger partial charge in [0, 0.05) is 11.1 Å². The molecule has 1 atom stereocenters. The smallest absolute Gasteiger partial charge is 0.119 e. The maximum absolute atomic E-state index is 5.96. The van der Waals surface area contributed by atoms with Crippen molar-refractivity contribution >= 4 is 11.6 Å². The van der Waals surface area contributed by atoms with E-state index < -0.39 is 0 Å². The van der Waals surface area contributed by atoms with Crippen LogP contribution < -0.4 is 10.1 Å². The first-order valence-electron chi connectivity index (χ1n) is 6.25. The van der Waals surface area contributed by atoms with Crippen molar-refractivity contribution in [1.29, 1.82) is 0 Å². The van der Waals surface area contributed by atoms with Gasteiger partial charge in [-0.25, -0.2) is 0 Å². The molecule has 0 aliphatic carbocycles. The molecule has 1 unspecified atom stereocenters. The van der Waals surface area contributed by atoms with Gasteiger partial charge in [-0.05, 0) is 57.0 Å². The van der Waals surface area contributed by atoms with Crippen molar-refractivity contribution in [2.45, 2.75) is 39.7 Å². The lowest BCUT2D eigenvalue weighted by atomic mass is 10.2. The Bertz CT molecular complexity index is 341. The molecule has 0 heterocycles. The normalized spacial score (nSPS) is 12.5. The van der Waals surface area contributed by atoms with E-state index in [1.165, 1.54) is 6.42 Å². The molecule has 17 heavy (non-hydrogen) atoms. The van der Waals surface area contributed by atoms with Crippen molar-refractivity contribution in [3.8, 4) is 5.75 Å². The van der Waals surface area contributed by atoms with Gasteiger partial charge in [0.05, 0.1) is 6.61 Å². The van der Waals surface area contributed by atoms with Crippen LogP contribution in [0.5, 0.6) is 5.75 Å². The van der Waals surface area contributed by atoms with Gasteiger partial charge in [-0.2, -0.15) is 0 Å². The molecule has 0 aromatic heterocycles. The van der Waals surface area contributed by atoms with E-state index in [0.717, 1.165) is 35.9 Å². The highest BCUT2D eigenvalue weighted by Crippen LogP contribution is 2.21. The molecule has 96 valence electrons. The lowest BCUT2D eigenvalue weighted by Gasteiger charge is -2.14. The van der Waals surface area contributed by atoms with Crippen molar-refractivity contribution in [3.63, 3.8) is 0 Å². The standard InChI is InChI=1S/C14H22ClNO/c1-4-8-16-12(3)7-9-17-13-5-6-14(15)11(2)10-13/h5-6,10,12,16H,4,7-9H2,1-3H3. The number of hydrogen-bond acceptors (Lipinski definition) is 2. The number of benzene rings is 1. The maximum Gasteiger partial charge on any atom is 0.119 e. The SMILES string of the molecule is CCCNC(C)CCOc1ccc(Cl)c(C)c1. The van der Waals surface area contributed by atoms with E-state index in [2.05, 4.69) is 19.2 Å². The predicted octanol–water partition coefficient (Wildman–Crippen LogP) is 3.81. The summed E-state index contributed by atoms with van der Waals surface area (Å²) in [7, 11) is 0. The van der Waals surface area contributed by atoms with Crippen molar-refractivity contribution in [2.24, 2.45) is 0 Å². The minimum Gasteiger partial charge on any atom is -0.494 e. The first kappa shape index (κ1) is 14.3. The molecule has 0 aliphatic rings. The second kappa shape index (κ2) is 7.57. The van der Waals surface area contributed by atoms with E-state index in [-0.39, 0.29) is 0 Å². The summed E-state index contributed by atoms with van der Waals surface area (Å²) >= 11 is 5.96. The Labute approximate surface area is 109 Å². The Hall–Kier alpha value is -0.730. The molecule has 0 amide bonds. The fourth-order valence-corrected chi connectivity index (χ4v) is 1.67. The number of hydrogen-bond donors (Lipinski definition) is 1. The summed E-state index contributed by atoms with van der Waals surface area (Å²) in [4.78, 5) is 0. The number of halogens is 1. The molecule has 2 nitrogen and oxygen atoms in total. The Morgan fingerprint density at radius 2 is 2.18 bits per heavy atom. The average molecular weight is 256 g/mol. The van der Waals surface area contributed by atoms with E-state index in [1.807, 2.05) is 25.1 Å². The minimum absolute atomic E-state index is 0.503. The molecule has 0 bridgehead atoms. The number of ether oxygens (including phenoxy) is 1. The molecule has 1 rings (SSSR count). The summed E-state index contributed by atoms with van der Waals surface area (Å²) in [6.07, 6.45) is 2.18. The van der Waals surface area contributed by atoms with E-state index in [9.17, 15) is 0 Å². The fourth-order valence-electron chi connectivity index (χ4n) is 1.55. The van der Waals surface area contributed by atoms with E-state index in [0.29, 0.717) is 6.04 Å². The van der Waals surface area contributed by atoms with Crippen LogP contribution in [0, 0.1) is 6.92 Å². The third-order valence-corrected chi connectivity index (χ3v) is 3.12. The first-order valence-corrected chi connectivity index (χ1v) is 6.63. The summed E-state index contributed by atoms with van der Waals surface area (Å²) in [6, 6.07) is 6.28. The maximum atomic E-state index is 5.96. The monoisotopic (exact) mass is 255 g/mol. The van der Waals surface area contributed by atoms with Crippen LogP contribution in [0.2, 0.25) is 5.02 Å². The van der Waals surface area contributed by atoms with Crippen molar-refractivity contribution < 1.29 is 4.74 Å². The second-order valence-corrected chi connectivity index (χ2v) is 4.81. The van der Waals surface area contributed by atoms with Crippen LogP contribution in [0.1, 0.15) is 32.3 Å². The predicted molar refractivity (Wildman–Crippen MR) is 74.1 cm³/mol. The Morgan fingerprint density at radius 1 is 1.41 bits per heavy atom. The van der Waals surface area contributed by atoms with Gasteiger partial charge in [-0.1, -0.05) is 18.5 Å². The largest absolute Gasteiger partial charge is 0.494 e. The molecule has 1 aromatic carbocycles. The topological polar surface area (TPSA) is 21.3 Å². The zero-order valence-electron chi connectivity index (χ0n) is 10.9. The van der Waals surface area contributed by atoms with Crippen LogP contribution in [0.3, 0.4) is 0 Å². The Morgan fingerprint density at radius 3 is 2.82 bits per heavy atom. The summed E-state index contributed by atoms with van der Waals surface area (Å²) in [5.74, 6) is 0.898. The molecule has 1 N–H and O–H groups in total. The van der Waals surface area contributed by atoms with Crippen LogP contribution in [0.25, 0.3) is 0 Å². The van der Waals surface area contributed by atoms with Gasteiger partial charge >= 0.3 is 0 Å². The lowest BCUT2D eigenvalue weighted by Crippen LogP contribution is -2.28. The summed E-state index contributed by atoms with van der Waals surface area (Å²) < 4.78 is 5.69. The quantitative estimate of drug-likeness (QED) is 0.800. The molecule has 0 radical (unpaired) electrons. The molecule has 0 aliphatic heterocycles. The van der Waals surface area contributed by atoms with Crippen molar-refractivity contribution in [1.82, 2.24) is 5.32 Å². The van der Waals surface area contributed by atoms with Gasteiger partial charge in [0.25, 0.3) is 0 Å². The summed E-state index contributed by atoms with van der Waals surface area (Å²) in [6.45, 7) is 8.15. The number of rotatable bonds is 7. The molecular weight excluding hydrogens is 234 g/mol. The van der Waals surface area contributed by atoms with Gasteiger partial charge in [-0.15, -0.1) is 0 Å². The molecule has 0 spiro atoms. The van der Waals surface area contributed by atoms with Gasteiger partial charge in [-0.3, -0.25) is 0 Å². The van der Waals surface area contributed by atoms with Crippen LogP contribution in [0.4, 0.5) is 0 Å². The third kappa shape index (κ3) is 5.42. The molecule has 0 saturated heterocycles. The highest BCUT2D eigenvalue weighted by Gasteiger charge is 2.02. The third-order valence-electron chi connectivity index (χ3n) is 2.69. The first-order chi connectivity index (χ1) is 8.13. The summed E-state index contributed by atoms with van der Waals surface area (Å²) in [5, 5.41) is 4.23. The number of aryl methyl sites for hydroxylation is 1. The van der Waals surface area contributed by atoms with Gasteiger partial charge in [0.15, 0.2) is 0 Å². The summed E-state index contributed by atoms with van der Waals surface area (Å²) in [5.41, 5.74) is 1.06. The Balaban J connectivity index is 2.28. The molecule has 3 heteroatoms. The molecule has 0 fully saturated rings. The molecular formula is C14H22ClNO. The van der Waals surface area contributed by atoms with Gasteiger partial charge < -0.3 is 10.1 Å². The van der Waals surface area contributed by atoms with Crippen LogP contribution in [-0.4, -0.2) is 19.2 Å². The Kier molecular flexibility index (Phi) is 6.38. The molecule has 1 aromatic rings. The average Bonchev–Trinajstić information content (AvgIpc) is 2.31. The van der Waals surface area contributed by atoms with E-state index >= 15 is 0 Å². The van der Waals surface area contributed by atoms with Gasteiger partial charge in [0.2, 0.25) is 0 Å². The zero-order valence-corrected chi connectivity index (χ0v) is 11.7. The fraction of sp³-hybridized carbons (Fsp3) is 0.571. The van der Waals surface area contributed by atoms with Crippen molar-refractivity contribution in [2.75, 3.05) is 13.2 Å². The molecule has 0 saturated carbocycles. The van der Waals surface area contributed by atoms with Crippen LogP contribution in [0.15, 0.2) is 18.2 Å². The zero-order chi connectivity index (χ0) is 12.7. The second-order valence-electron chi connectivity index (χ2n) is 4.40. The highest BCUT2D eigenvalue weighted by atomic mass is 35.5. The van der Waals surface area contributed by atoms with Gasteiger partial charge in [0.1, 0.15) is 5.75 Å². The van der Waals surface area contributed by atoms with E-state index in [4.69, 9.17) is 16.3 Å². The minimum atomic E-state index is 0.503. The lowest BCUT2D eigenvalue weighted by molar-refractivity contribution is 0.290.